The molecule has 41 heavy (non-hydrogen) atoms. The quantitative estimate of drug-likeness (QED) is 0.169. The Balaban J connectivity index is 1.46. The minimum absolute atomic E-state index is 0.110. The van der Waals surface area contributed by atoms with E-state index in [0.29, 0.717) is 27.8 Å². The molecule has 2 atom stereocenters. The van der Waals surface area contributed by atoms with Gasteiger partial charge in [0.2, 0.25) is 11.9 Å². The Bertz CT molecular complexity index is 1730. The van der Waals surface area contributed by atoms with Crippen molar-refractivity contribution in [2.24, 2.45) is 0 Å². The van der Waals surface area contributed by atoms with Gasteiger partial charge in [-0.2, -0.15) is 19.0 Å². The van der Waals surface area contributed by atoms with Crippen molar-refractivity contribution >= 4 is 33.9 Å². The monoisotopic (exact) mass is 573 g/mol. The lowest BCUT2D eigenvalue weighted by Gasteiger charge is -2.23. The predicted molar refractivity (Wildman–Crippen MR) is 154 cm³/mol. The summed E-state index contributed by atoms with van der Waals surface area (Å²) in [7, 11) is 0. The van der Waals surface area contributed by atoms with Crippen molar-refractivity contribution in [3.05, 3.63) is 106 Å². The van der Waals surface area contributed by atoms with Gasteiger partial charge in [0.15, 0.2) is 0 Å². The highest BCUT2D eigenvalue weighted by atomic mass is 35.5. The Labute approximate surface area is 242 Å². The number of hydrogen-bond acceptors (Lipinski definition) is 8. The summed E-state index contributed by atoms with van der Waals surface area (Å²) in [4.78, 5) is 7.76. The fourth-order valence-corrected chi connectivity index (χ4v) is 5.15. The normalized spacial score (nSPS) is 17.2. The minimum atomic E-state index is -1.97. The molecule has 0 unspecified atom stereocenters. The van der Waals surface area contributed by atoms with Gasteiger partial charge in [0, 0.05) is 35.1 Å². The first-order valence-electron chi connectivity index (χ1n) is 13.8. The molecule has 2 aromatic heterocycles. The van der Waals surface area contributed by atoms with Crippen molar-refractivity contribution in [1.29, 1.82) is 5.26 Å². The van der Waals surface area contributed by atoms with Crippen LogP contribution in [0.15, 0.2) is 72.7 Å². The highest BCUT2D eigenvalue weighted by Crippen LogP contribution is 2.38. The zero-order valence-electron chi connectivity index (χ0n) is 23.0. The van der Waals surface area contributed by atoms with Gasteiger partial charge >= 0.3 is 0 Å². The Hall–Kier alpha value is -4.46. The lowest BCUT2D eigenvalue weighted by molar-refractivity contribution is 0.260. The van der Waals surface area contributed by atoms with E-state index in [9.17, 15) is 11.0 Å². The molecule has 8 nitrogen and oxygen atoms in total. The van der Waals surface area contributed by atoms with E-state index in [1.807, 2.05) is 42.3 Å². The molecular formula is C30H27ClF2N8. The summed E-state index contributed by atoms with van der Waals surface area (Å²) in [5, 5.41) is 19.2. The molecule has 0 amide bonds. The van der Waals surface area contributed by atoms with Crippen LogP contribution in [-0.2, 0) is 0 Å². The van der Waals surface area contributed by atoms with Gasteiger partial charge in [-0.15, -0.1) is 5.53 Å². The van der Waals surface area contributed by atoms with Crippen LogP contribution in [0.5, 0.6) is 0 Å². The maximum atomic E-state index is 15.1. The number of aromatic nitrogens is 2. The lowest BCUT2D eigenvalue weighted by atomic mass is 10.0. The summed E-state index contributed by atoms with van der Waals surface area (Å²) in [6.45, 7) is 2.04. The van der Waals surface area contributed by atoms with E-state index in [-0.39, 0.29) is 28.4 Å². The molecule has 4 N–H and O–H groups in total. The Morgan fingerprint density at radius 2 is 2.00 bits per heavy atom. The van der Waals surface area contributed by atoms with E-state index in [1.165, 1.54) is 12.3 Å². The zero-order valence-corrected chi connectivity index (χ0v) is 22.8. The van der Waals surface area contributed by atoms with Crippen molar-refractivity contribution in [3.63, 3.8) is 0 Å². The summed E-state index contributed by atoms with van der Waals surface area (Å²) in [6, 6.07) is 15.8. The molecule has 1 saturated carbocycles. The van der Waals surface area contributed by atoms with Gasteiger partial charge in [-0.05, 0) is 49.1 Å². The molecule has 4 aromatic rings. The second-order valence-corrected chi connectivity index (χ2v) is 10.3. The van der Waals surface area contributed by atoms with E-state index >= 15 is 4.39 Å². The van der Waals surface area contributed by atoms with Crippen LogP contribution >= 0.6 is 11.6 Å². The molecule has 1 aliphatic heterocycles. The summed E-state index contributed by atoms with van der Waals surface area (Å²) < 4.78 is 38.4. The number of pyridine rings is 2. The van der Waals surface area contributed by atoms with Crippen LogP contribution in [0.3, 0.4) is 0 Å². The maximum Gasteiger partial charge on any atom is 0.221 e. The fourth-order valence-electron chi connectivity index (χ4n) is 4.88. The molecule has 0 saturated heterocycles. The molecule has 1 fully saturated rings. The van der Waals surface area contributed by atoms with Crippen molar-refractivity contribution in [2.75, 3.05) is 10.6 Å². The Morgan fingerprint density at radius 3 is 2.71 bits per heavy atom. The molecule has 3 heterocycles. The summed E-state index contributed by atoms with van der Waals surface area (Å²) in [5.74, 6) is -2.12. The zero-order chi connectivity index (χ0) is 29.4. The van der Waals surface area contributed by atoms with Crippen LogP contribution in [0.25, 0.3) is 10.9 Å². The van der Waals surface area contributed by atoms with E-state index in [0.717, 1.165) is 30.9 Å². The second-order valence-electron chi connectivity index (χ2n) is 9.92. The fraction of sp³-hybridized carbons (Fsp3) is 0.233. The van der Waals surface area contributed by atoms with Gasteiger partial charge in [-0.3, -0.25) is 9.99 Å². The highest BCUT2D eigenvalue weighted by molar-refractivity contribution is 6.35. The summed E-state index contributed by atoms with van der Waals surface area (Å²) in [5.41, 5.74) is 8.75. The topological polar surface area (TPSA) is 101 Å². The first-order chi connectivity index (χ1) is 20.3. The molecule has 0 radical (unpaired) electrons. The third kappa shape index (κ3) is 5.46. The van der Waals surface area contributed by atoms with Crippen molar-refractivity contribution < 1.29 is 10.2 Å². The van der Waals surface area contributed by atoms with Crippen LogP contribution in [-0.4, -0.2) is 21.0 Å². The summed E-state index contributed by atoms with van der Waals surface area (Å²) >= 11 is 6.72. The molecular weight excluding hydrogens is 546 g/mol. The van der Waals surface area contributed by atoms with E-state index < -0.39 is 17.9 Å². The molecule has 2 aliphatic rings. The lowest BCUT2D eigenvalue weighted by Crippen LogP contribution is -2.38. The minimum Gasteiger partial charge on any atom is -0.377 e. The van der Waals surface area contributed by atoms with Crippen LogP contribution in [0.1, 0.15) is 56.3 Å². The maximum absolute atomic E-state index is 15.1. The van der Waals surface area contributed by atoms with Gasteiger partial charge in [-0.1, -0.05) is 48.9 Å². The van der Waals surface area contributed by atoms with E-state index in [4.69, 9.17) is 11.6 Å². The van der Waals surface area contributed by atoms with Crippen molar-refractivity contribution in [1.82, 2.24) is 25.9 Å². The number of anilines is 2. The molecule has 0 bridgehead atoms. The standard InChI is InChI=1S/C30H27ClF2N8/c1-2-24(17-6-4-3-5-7-17)37-27-18(14-34)15-35-28-22(27)12-19(13-23(28)31)36-29(21-10-11-26(32)38-30(21)33)25-16-41(40-39-25)20-8-9-20/h3-7,10-13,15-16,20,24,29,36,39-40H,2,8-9H2,1H3,(H,35,37)/t24-,29-/m1/s1/i29D. The van der Waals surface area contributed by atoms with Crippen LogP contribution in [0, 0.1) is 23.2 Å². The van der Waals surface area contributed by atoms with Gasteiger partial charge < -0.3 is 16.1 Å². The Kier molecular flexibility index (Phi) is 6.96. The molecule has 0 spiro atoms. The second kappa shape index (κ2) is 11.2. The number of nitrogens with one attached hydrogen (secondary N) is 4. The highest BCUT2D eigenvalue weighted by Gasteiger charge is 2.33. The molecule has 11 heteroatoms. The van der Waals surface area contributed by atoms with Crippen LogP contribution in [0.2, 0.25) is 5.02 Å². The number of rotatable bonds is 9. The number of fused-ring (bicyclic) bond motifs is 1. The predicted octanol–water partition coefficient (Wildman–Crippen LogP) is 6.48. The SMILES string of the molecule is [2H][C@](Nc1cc(Cl)c2ncc(C#N)c(N[C@H](CC)c3ccccc3)c2c1)(C1=CN(C2CC2)NN1)c1ccc(F)nc1F. The van der Waals surface area contributed by atoms with E-state index in [2.05, 4.69) is 37.6 Å². The van der Waals surface area contributed by atoms with Gasteiger partial charge in [0.05, 0.1) is 40.9 Å². The van der Waals surface area contributed by atoms with Crippen molar-refractivity contribution in [3.8, 4) is 6.07 Å². The molecule has 2 aromatic carbocycles. The van der Waals surface area contributed by atoms with E-state index in [1.54, 1.807) is 18.3 Å². The van der Waals surface area contributed by atoms with Gasteiger partial charge in [0.25, 0.3) is 0 Å². The number of nitriles is 1. The van der Waals surface area contributed by atoms with Crippen molar-refractivity contribution in [2.45, 2.75) is 44.3 Å². The first-order valence-corrected chi connectivity index (χ1v) is 13.7. The average Bonchev–Trinajstić information content (AvgIpc) is 3.71. The number of halogens is 3. The third-order valence-corrected chi connectivity index (χ3v) is 7.41. The number of hydrazine groups is 2. The van der Waals surface area contributed by atoms with Gasteiger partial charge in [-0.25, -0.2) is 0 Å². The largest absolute Gasteiger partial charge is 0.377 e. The molecule has 208 valence electrons. The first kappa shape index (κ1) is 25.5. The molecule has 6 rings (SSSR count). The van der Waals surface area contributed by atoms with Crippen LogP contribution < -0.4 is 21.6 Å². The van der Waals surface area contributed by atoms with Crippen LogP contribution in [0.4, 0.5) is 20.2 Å². The summed E-state index contributed by atoms with van der Waals surface area (Å²) in [6.07, 6.45) is 5.87. The number of benzene rings is 2. The smallest absolute Gasteiger partial charge is 0.221 e. The average molecular weight is 574 g/mol. The van der Waals surface area contributed by atoms with Gasteiger partial charge in [0.1, 0.15) is 6.07 Å². The Morgan fingerprint density at radius 1 is 1.20 bits per heavy atom. The third-order valence-electron chi connectivity index (χ3n) is 7.12. The number of hydrogen-bond donors (Lipinski definition) is 4. The number of nitrogens with zero attached hydrogens (tertiary/aromatic N) is 4. The molecule has 1 aliphatic carbocycles.